The summed E-state index contributed by atoms with van der Waals surface area (Å²) in [7, 11) is 1.77. The summed E-state index contributed by atoms with van der Waals surface area (Å²) in [6, 6.07) is 1.14. The van der Waals surface area contributed by atoms with Gasteiger partial charge in [-0.3, -0.25) is 0 Å². The van der Waals surface area contributed by atoms with Gasteiger partial charge in [-0.2, -0.15) is 0 Å². The number of nitrogens with zero attached hydrogens (tertiary/aromatic N) is 1. The normalized spacial score (nSPS) is 15.0. The van der Waals surface area contributed by atoms with Crippen LogP contribution in [0.5, 0.6) is 0 Å². The molecule has 0 fully saturated rings. The van der Waals surface area contributed by atoms with Crippen LogP contribution in [0.2, 0.25) is 0 Å². The molecule has 0 aliphatic rings. The third-order valence-electron chi connectivity index (χ3n) is 1.39. The summed E-state index contributed by atoms with van der Waals surface area (Å²) in [4.78, 5) is 0. The van der Waals surface area contributed by atoms with Gasteiger partial charge in [0.25, 0.3) is 0 Å². The Morgan fingerprint density at radius 1 is 1.18 bits per heavy atom. The molecule has 0 bridgehead atoms. The minimum absolute atomic E-state index is 0.417. The van der Waals surface area contributed by atoms with E-state index in [2.05, 4.69) is 54.4 Å². The van der Waals surface area contributed by atoms with Crippen molar-refractivity contribution >= 4 is 28.0 Å². The topological polar surface area (TPSA) is 12.5 Å². The predicted octanol–water partition coefficient (Wildman–Crippen LogP) is 3.41. The highest BCUT2D eigenvalue weighted by Gasteiger charge is 2.21. The zero-order valence-corrected chi connectivity index (χ0v) is 10.9. The van der Waals surface area contributed by atoms with Crippen molar-refractivity contribution in [1.29, 1.82) is 0 Å². The molecule has 0 rings (SSSR count). The van der Waals surface area contributed by atoms with Crippen molar-refractivity contribution in [3.8, 4) is 0 Å². The molecule has 11 heavy (non-hydrogen) atoms. The average Bonchev–Trinajstić information content (AvgIpc) is 1.85. The lowest BCUT2D eigenvalue weighted by Gasteiger charge is -2.32. The molecular weight excluding hydrogens is 272 g/mol. The van der Waals surface area contributed by atoms with Gasteiger partial charge in [0, 0.05) is 19.2 Å². The number of hydrogen-bond acceptors (Lipinski definition) is 2. The van der Waals surface area contributed by atoms with Gasteiger partial charge in [0.1, 0.15) is 0 Å². The zero-order valence-electron chi connectivity index (χ0n) is 7.84. The van der Waals surface area contributed by atoms with E-state index >= 15 is 0 Å². The zero-order chi connectivity index (χ0) is 9.02. The molecule has 0 radical (unpaired) electrons. The Morgan fingerprint density at radius 3 is 1.64 bits per heavy atom. The van der Waals surface area contributed by atoms with Gasteiger partial charge in [0.05, 0.1) is 0 Å². The molecule has 1 unspecified atom stereocenters. The lowest BCUT2D eigenvalue weighted by Crippen LogP contribution is -2.31. The molecule has 0 heterocycles. The van der Waals surface area contributed by atoms with Crippen LogP contribution >= 0.6 is 28.0 Å². The highest BCUT2D eigenvalue weighted by molar-refractivity contribution is 14.2. The molecule has 0 aliphatic heterocycles. The standard InChI is InChI=1S/C7H17INOP/c1-6(2)9(7(3)4)11(8)10-5/h6-7H,1-5H3. The molecule has 0 saturated heterocycles. The largest absolute Gasteiger partial charge is 0.339 e. The first-order chi connectivity index (χ1) is 5.00. The van der Waals surface area contributed by atoms with E-state index < -0.39 is 5.94 Å². The first-order valence-corrected chi connectivity index (χ1v) is 7.78. The van der Waals surface area contributed by atoms with Crippen LogP contribution in [0.15, 0.2) is 0 Å². The van der Waals surface area contributed by atoms with Gasteiger partial charge in [0.2, 0.25) is 0 Å². The summed E-state index contributed by atoms with van der Waals surface area (Å²) in [5, 5.41) is 0. The van der Waals surface area contributed by atoms with E-state index in [0.29, 0.717) is 12.1 Å². The van der Waals surface area contributed by atoms with Crippen molar-refractivity contribution in [2.24, 2.45) is 0 Å². The van der Waals surface area contributed by atoms with Crippen molar-refractivity contribution in [1.82, 2.24) is 4.67 Å². The van der Waals surface area contributed by atoms with Crippen LogP contribution in [0.4, 0.5) is 0 Å². The Kier molecular flexibility index (Phi) is 6.24. The summed E-state index contributed by atoms with van der Waals surface area (Å²) in [6.07, 6.45) is 0. The molecule has 0 aromatic rings. The Morgan fingerprint density at radius 2 is 1.55 bits per heavy atom. The fourth-order valence-electron chi connectivity index (χ4n) is 1.05. The minimum atomic E-state index is -0.417. The van der Waals surface area contributed by atoms with E-state index in [-0.39, 0.29) is 0 Å². The molecule has 0 spiro atoms. The predicted molar refractivity (Wildman–Crippen MR) is 60.1 cm³/mol. The Labute approximate surface area is 84.1 Å². The second kappa shape index (κ2) is 5.68. The third kappa shape index (κ3) is 4.02. The molecule has 2 nitrogen and oxygen atoms in total. The second-order valence-corrected chi connectivity index (χ2v) is 6.73. The van der Waals surface area contributed by atoms with E-state index in [1.54, 1.807) is 7.11 Å². The summed E-state index contributed by atoms with van der Waals surface area (Å²) in [5.74, 6) is -0.417. The van der Waals surface area contributed by atoms with Gasteiger partial charge in [-0.05, 0) is 49.7 Å². The van der Waals surface area contributed by atoms with Gasteiger partial charge >= 0.3 is 0 Å². The van der Waals surface area contributed by atoms with Crippen LogP contribution < -0.4 is 0 Å². The first kappa shape index (κ1) is 12.1. The van der Waals surface area contributed by atoms with Gasteiger partial charge in [-0.15, -0.1) is 0 Å². The average molecular weight is 289 g/mol. The van der Waals surface area contributed by atoms with E-state index in [0.717, 1.165) is 0 Å². The quantitative estimate of drug-likeness (QED) is 0.581. The van der Waals surface area contributed by atoms with Gasteiger partial charge in [-0.1, -0.05) is 0 Å². The first-order valence-electron chi connectivity index (χ1n) is 3.79. The smallest absolute Gasteiger partial charge is 0.172 e. The summed E-state index contributed by atoms with van der Waals surface area (Å²) in [6.45, 7) is 8.81. The maximum atomic E-state index is 5.31. The fraction of sp³-hybridized carbons (Fsp3) is 1.00. The van der Waals surface area contributed by atoms with E-state index in [9.17, 15) is 0 Å². The molecule has 0 aromatic carbocycles. The molecule has 0 saturated carbocycles. The Balaban J connectivity index is 4.09. The fourth-order valence-corrected chi connectivity index (χ4v) is 4.96. The van der Waals surface area contributed by atoms with Crippen LogP contribution in [0.3, 0.4) is 0 Å². The molecule has 0 aliphatic carbocycles. The SMILES string of the molecule is COP(I)N(C(C)C)C(C)C. The van der Waals surface area contributed by atoms with Gasteiger partial charge < -0.3 is 4.52 Å². The summed E-state index contributed by atoms with van der Waals surface area (Å²) >= 11 is 2.37. The van der Waals surface area contributed by atoms with E-state index in [1.165, 1.54) is 0 Å². The monoisotopic (exact) mass is 289 g/mol. The number of hydrogen-bond donors (Lipinski definition) is 0. The molecule has 0 N–H and O–H groups in total. The molecule has 1 atom stereocenters. The molecular formula is C7H17INOP. The lowest BCUT2D eigenvalue weighted by atomic mass is 10.3. The van der Waals surface area contributed by atoms with Crippen molar-refractivity contribution in [3.05, 3.63) is 0 Å². The van der Waals surface area contributed by atoms with Crippen LogP contribution in [0, 0.1) is 0 Å². The maximum Gasteiger partial charge on any atom is 0.172 e. The van der Waals surface area contributed by atoms with Crippen LogP contribution in [0.25, 0.3) is 0 Å². The minimum Gasteiger partial charge on any atom is -0.339 e. The molecule has 0 aromatic heterocycles. The second-order valence-electron chi connectivity index (χ2n) is 2.98. The van der Waals surface area contributed by atoms with Crippen LogP contribution in [-0.4, -0.2) is 23.9 Å². The summed E-state index contributed by atoms with van der Waals surface area (Å²) < 4.78 is 7.70. The summed E-state index contributed by atoms with van der Waals surface area (Å²) in [5.41, 5.74) is 0. The Hall–Kier alpha value is 1.08. The Bertz CT molecular complexity index is 103. The number of halogens is 1. The van der Waals surface area contributed by atoms with E-state index in [1.807, 2.05) is 0 Å². The molecule has 0 amide bonds. The third-order valence-corrected chi connectivity index (χ3v) is 5.66. The highest BCUT2D eigenvalue weighted by atomic mass is 127. The molecule has 4 heteroatoms. The van der Waals surface area contributed by atoms with Crippen LogP contribution in [-0.2, 0) is 4.52 Å². The lowest BCUT2D eigenvalue weighted by molar-refractivity contribution is 0.290. The molecule has 68 valence electrons. The van der Waals surface area contributed by atoms with Crippen molar-refractivity contribution < 1.29 is 4.52 Å². The van der Waals surface area contributed by atoms with Crippen molar-refractivity contribution in [2.45, 2.75) is 39.8 Å². The van der Waals surface area contributed by atoms with Gasteiger partial charge in [0.15, 0.2) is 5.94 Å². The van der Waals surface area contributed by atoms with Crippen molar-refractivity contribution in [2.75, 3.05) is 7.11 Å². The maximum absolute atomic E-state index is 5.31. The van der Waals surface area contributed by atoms with Gasteiger partial charge in [-0.25, -0.2) is 4.67 Å². The van der Waals surface area contributed by atoms with E-state index in [4.69, 9.17) is 4.52 Å². The number of rotatable bonds is 4. The highest BCUT2D eigenvalue weighted by Crippen LogP contribution is 2.51. The van der Waals surface area contributed by atoms with Crippen molar-refractivity contribution in [3.63, 3.8) is 0 Å². The van der Waals surface area contributed by atoms with Crippen LogP contribution in [0.1, 0.15) is 27.7 Å².